The number of hydrogen-bond acceptors (Lipinski definition) is 7. The summed E-state index contributed by atoms with van der Waals surface area (Å²) in [7, 11) is 0. The van der Waals surface area contributed by atoms with E-state index in [-0.39, 0.29) is 11.6 Å². The molecule has 1 aromatic carbocycles. The quantitative estimate of drug-likeness (QED) is 0.585. The zero-order chi connectivity index (χ0) is 19.4. The van der Waals surface area contributed by atoms with Gasteiger partial charge in [0.15, 0.2) is 5.75 Å². The number of furan rings is 1. The van der Waals surface area contributed by atoms with Gasteiger partial charge in [-0.15, -0.1) is 0 Å². The summed E-state index contributed by atoms with van der Waals surface area (Å²) < 4.78 is 11.1. The molecule has 0 saturated carbocycles. The molecular formula is C18H21N3O6. The Morgan fingerprint density at radius 1 is 1.33 bits per heavy atom. The SMILES string of the molecule is Cc1ccc(C(CNC(=O)c2ccc([N+](=O)[O-])c(O)c2)N2CCOCC2)o1. The molecule has 9 nitrogen and oxygen atoms in total. The van der Waals surface area contributed by atoms with Gasteiger partial charge in [-0.2, -0.15) is 0 Å². The first-order valence-corrected chi connectivity index (χ1v) is 8.59. The summed E-state index contributed by atoms with van der Waals surface area (Å²) in [5.41, 5.74) is -0.293. The van der Waals surface area contributed by atoms with Crippen LogP contribution in [0.5, 0.6) is 5.75 Å². The van der Waals surface area contributed by atoms with Gasteiger partial charge in [0.1, 0.15) is 11.5 Å². The monoisotopic (exact) mass is 375 g/mol. The fourth-order valence-corrected chi connectivity index (χ4v) is 3.04. The van der Waals surface area contributed by atoms with E-state index >= 15 is 0 Å². The first-order chi connectivity index (χ1) is 13.0. The van der Waals surface area contributed by atoms with Gasteiger partial charge in [-0.05, 0) is 31.2 Å². The second-order valence-corrected chi connectivity index (χ2v) is 6.28. The predicted octanol–water partition coefficient (Wildman–Crippen LogP) is 2.01. The Kier molecular flexibility index (Phi) is 5.72. The van der Waals surface area contributed by atoms with E-state index in [9.17, 15) is 20.0 Å². The molecule has 0 radical (unpaired) electrons. The third kappa shape index (κ3) is 4.44. The minimum absolute atomic E-state index is 0.148. The van der Waals surface area contributed by atoms with Gasteiger partial charge in [0, 0.05) is 31.3 Å². The van der Waals surface area contributed by atoms with Gasteiger partial charge < -0.3 is 19.6 Å². The van der Waals surface area contributed by atoms with Crippen LogP contribution in [0, 0.1) is 17.0 Å². The Labute approximate surface area is 155 Å². The maximum absolute atomic E-state index is 12.4. The highest BCUT2D eigenvalue weighted by Crippen LogP contribution is 2.27. The first kappa shape index (κ1) is 18.9. The molecule has 0 bridgehead atoms. The number of ether oxygens (including phenoxy) is 1. The zero-order valence-corrected chi connectivity index (χ0v) is 14.9. The molecule has 2 heterocycles. The molecule has 2 aromatic rings. The van der Waals surface area contributed by atoms with Crippen LogP contribution in [0.4, 0.5) is 5.69 Å². The fraction of sp³-hybridized carbons (Fsp3) is 0.389. The van der Waals surface area contributed by atoms with Crippen LogP contribution >= 0.6 is 0 Å². The van der Waals surface area contributed by atoms with E-state index in [1.165, 1.54) is 6.07 Å². The molecule has 3 rings (SSSR count). The topological polar surface area (TPSA) is 118 Å². The minimum Gasteiger partial charge on any atom is -0.502 e. The number of amides is 1. The molecule has 1 fully saturated rings. The van der Waals surface area contributed by atoms with Crippen LogP contribution in [0.25, 0.3) is 0 Å². The van der Waals surface area contributed by atoms with E-state index in [1.54, 1.807) is 0 Å². The van der Waals surface area contributed by atoms with Gasteiger partial charge in [-0.1, -0.05) is 0 Å². The van der Waals surface area contributed by atoms with E-state index in [0.717, 1.165) is 36.7 Å². The fourth-order valence-electron chi connectivity index (χ4n) is 3.04. The lowest BCUT2D eigenvalue weighted by Crippen LogP contribution is -2.43. The summed E-state index contributed by atoms with van der Waals surface area (Å²) in [6.45, 7) is 4.82. The number of benzene rings is 1. The van der Waals surface area contributed by atoms with Crippen LogP contribution < -0.4 is 5.32 Å². The molecule has 1 aliphatic rings. The number of nitro benzene ring substituents is 1. The van der Waals surface area contributed by atoms with E-state index < -0.39 is 22.3 Å². The number of aryl methyl sites for hydroxylation is 1. The number of carbonyl (C=O) groups excluding carboxylic acids is 1. The normalized spacial score (nSPS) is 16.0. The number of morpholine rings is 1. The van der Waals surface area contributed by atoms with Gasteiger partial charge in [0.25, 0.3) is 5.91 Å². The Balaban J connectivity index is 1.71. The summed E-state index contributed by atoms with van der Waals surface area (Å²) in [6, 6.07) is 7.12. The molecule has 0 aliphatic carbocycles. The van der Waals surface area contributed by atoms with Crippen molar-refractivity contribution in [3.8, 4) is 5.75 Å². The number of aromatic hydroxyl groups is 1. The lowest BCUT2D eigenvalue weighted by molar-refractivity contribution is -0.385. The standard InChI is InChI=1S/C18H21N3O6/c1-12-2-5-17(27-12)15(20-6-8-26-9-7-20)11-19-18(23)13-3-4-14(21(24)25)16(22)10-13/h2-5,10,15,22H,6-9,11H2,1H3,(H,19,23). The number of phenolic OH excluding ortho intramolecular Hbond substituents is 1. The Hall–Kier alpha value is -2.91. The van der Waals surface area contributed by atoms with Crippen molar-refractivity contribution >= 4 is 11.6 Å². The van der Waals surface area contributed by atoms with Crippen molar-refractivity contribution in [2.75, 3.05) is 32.8 Å². The van der Waals surface area contributed by atoms with Gasteiger partial charge in [-0.25, -0.2) is 0 Å². The van der Waals surface area contributed by atoms with Crippen LogP contribution in [0.2, 0.25) is 0 Å². The number of nitrogens with zero attached hydrogens (tertiary/aromatic N) is 2. The van der Waals surface area contributed by atoms with Crippen LogP contribution in [0.15, 0.2) is 34.7 Å². The zero-order valence-electron chi connectivity index (χ0n) is 14.9. The van der Waals surface area contributed by atoms with Crippen LogP contribution in [0.3, 0.4) is 0 Å². The van der Waals surface area contributed by atoms with Crippen molar-refractivity contribution in [1.29, 1.82) is 0 Å². The highest BCUT2D eigenvalue weighted by atomic mass is 16.6. The summed E-state index contributed by atoms with van der Waals surface area (Å²) in [4.78, 5) is 24.7. The number of rotatable bonds is 6. The molecule has 27 heavy (non-hydrogen) atoms. The smallest absolute Gasteiger partial charge is 0.310 e. The Morgan fingerprint density at radius 2 is 2.07 bits per heavy atom. The van der Waals surface area contributed by atoms with Crippen molar-refractivity contribution in [3.05, 3.63) is 57.5 Å². The molecule has 1 saturated heterocycles. The third-order valence-corrected chi connectivity index (χ3v) is 4.47. The van der Waals surface area contributed by atoms with Crippen LogP contribution in [0.1, 0.15) is 27.9 Å². The molecule has 9 heteroatoms. The van der Waals surface area contributed by atoms with Crippen molar-refractivity contribution in [2.24, 2.45) is 0 Å². The minimum atomic E-state index is -0.704. The van der Waals surface area contributed by atoms with E-state index in [4.69, 9.17) is 9.15 Å². The lowest BCUT2D eigenvalue weighted by atomic mass is 10.1. The number of carbonyl (C=O) groups is 1. The predicted molar refractivity (Wildman–Crippen MR) is 95.7 cm³/mol. The molecule has 1 unspecified atom stereocenters. The maximum atomic E-state index is 12.4. The van der Waals surface area contributed by atoms with Crippen molar-refractivity contribution in [1.82, 2.24) is 10.2 Å². The Bertz CT molecular complexity index is 828. The summed E-state index contributed by atoms with van der Waals surface area (Å²) >= 11 is 0. The van der Waals surface area contributed by atoms with Crippen LogP contribution in [-0.2, 0) is 4.74 Å². The molecule has 144 valence electrons. The van der Waals surface area contributed by atoms with Gasteiger partial charge in [-0.3, -0.25) is 19.8 Å². The molecule has 1 amide bonds. The van der Waals surface area contributed by atoms with E-state index in [2.05, 4.69) is 10.2 Å². The van der Waals surface area contributed by atoms with E-state index in [0.29, 0.717) is 19.8 Å². The van der Waals surface area contributed by atoms with E-state index in [1.807, 2.05) is 19.1 Å². The highest BCUT2D eigenvalue weighted by Gasteiger charge is 2.26. The van der Waals surface area contributed by atoms with Crippen molar-refractivity contribution in [3.63, 3.8) is 0 Å². The number of nitrogens with one attached hydrogen (secondary N) is 1. The summed E-state index contributed by atoms with van der Waals surface area (Å²) in [5.74, 6) is 0.567. The third-order valence-electron chi connectivity index (χ3n) is 4.47. The lowest BCUT2D eigenvalue weighted by Gasteiger charge is -2.33. The van der Waals surface area contributed by atoms with Crippen molar-refractivity contribution in [2.45, 2.75) is 13.0 Å². The molecule has 1 aliphatic heterocycles. The molecule has 2 N–H and O–H groups in total. The average Bonchev–Trinajstić information content (AvgIpc) is 3.08. The number of phenols is 1. The summed E-state index contributed by atoms with van der Waals surface area (Å²) in [5, 5.41) is 23.3. The van der Waals surface area contributed by atoms with Crippen molar-refractivity contribution < 1.29 is 24.0 Å². The van der Waals surface area contributed by atoms with Gasteiger partial charge in [0.2, 0.25) is 0 Å². The molecule has 1 aromatic heterocycles. The molecule has 1 atom stereocenters. The first-order valence-electron chi connectivity index (χ1n) is 8.59. The number of nitro groups is 1. The number of hydrogen-bond donors (Lipinski definition) is 2. The highest BCUT2D eigenvalue weighted by molar-refractivity contribution is 5.95. The second kappa shape index (κ2) is 8.19. The molecule has 0 spiro atoms. The summed E-state index contributed by atoms with van der Waals surface area (Å²) in [6.07, 6.45) is 0. The molecular weight excluding hydrogens is 354 g/mol. The van der Waals surface area contributed by atoms with Gasteiger partial charge >= 0.3 is 5.69 Å². The maximum Gasteiger partial charge on any atom is 0.310 e. The average molecular weight is 375 g/mol. The second-order valence-electron chi connectivity index (χ2n) is 6.28. The largest absolute Gasteiger partial charge is 0.502 e. The van der Waals surface area contributed by atoms with Gasteiger partial charge in [0.05, 0.1) is 24.2 Å². The van der Waals surface area contributed by atoms with Crippen LogP contribution in [-0.4, -0.2) is 53.7 Å². The Morgan fingerprint density at radius 3 is 2.67 bits per heavy atom.